The van der Waals surface area contributed by atoms with Crippen molar-refractivity contribution < 1.29 is 9.84 Å². The highest BCUT2D eigenvalue weighted by molar-refractivity contribution is 9.10. The second kappa shape index (κ2) is 6.11. The molecule has 0 atom stereocenters. The number of hydrogen-bond donors (Lipinski definition) is 3. The molecule has 0 radical (unpaired) electrons. The van der Waals surface area contributed by atoms with Crippen LogP contribution in [0.15, 0.2) is 22.7 Å². The molecule has 0 spiro atoms. The third-order valence-corrected chi connectivity index (χ3v) is 4.29. The van der Waals surface area contributed by atoms with Gasteiger partial charge in [0, 0.05) is 49.8 Å². The van der Waals surface area contributed by atoms with Crippen molar-refractivity contribution in [2.75, 3.05) is 31.7 Å². The average molecular weight is 342 g/mol. The normalized spacial score (nSPS) is 17.8. The van der Waals surface area contributed by atoms with Crippen LogP contribution in [0.2, 0.25) is 0 Å². The SMILES string of the molecule is CN(CC1(O)CCOCC1)c1cccc(Br)c1C(=N)N. The molecule has 1 saturated heterocycles. The van der Waals surface area contributed by atoms with E-state index in [1.165, 1.54) is 0 Å². The van der Waals surface area contributed by atoms with Crippen LogP contribution >= 0.6 is 15.9 Å². The van der Waals surface area contributed by atoms with Gasteiger partial charge in [-0.1, -0.05) is 6.07 Å². The number of benzene rings is 1. The van der Waals surface area contributed by atoms with Crippen molar-refractivity contribution in [3.8, 4) is 0 Å². The number of aliphatic hydroxyl groups is 1. The highest BCUT2D eigenvalue weighted by Gasteiger charge is 2.31. The number of nitrogens with one attached hydrogen (secondary N) is 1. The van der Waals surface area contributed by atoms with Crippen molar-refractivity contribution in [1.29, 1.82) is 5.41 Å². The minimum absolute atomic E-state index is 0.0123. The standard InChI is InChI=1S/C14H20BrN3O2/c1-18(9-14(19)5-7-20-8-6-14)11-4-2-3-10(15)12(11)13(16)17/h2-4,19H,5-9H2,1H3,(H3,16,17). The van der Waals surface area contributed by atoms with E-state index in [2.05, 4.69) is 15.9 Å². The monoisotopic (exact) mass is 341 g/mol. The molecular weight excluding hydrogens is 322 g/mol. The predicted octanol–water partition coefficient (Wildman–Crippen LogP) is 1.71. The van der Waals surface area contributed by atoms with Gasteiger partial charge < -0.3 is 20.5 Å². The molecule has 0 amide bonds. The Balaban J connectivity index is 2.23. The molecule has 1 aromatic rings. The molecule has 0 aromatic heterocycles. The number of ether oxygens (including phenoxy) is 1. The summed E-state index contributed by atoms with van der Waals surface area (Å²) in [5.74, 6) is 0.0123. The summed E-state index contributed by atoms with van der Waals surface area (Å²) in [6.45, 7) is 1.66. The van der Waals surface area contributed by atoms with E-state index in [1.54, 1.807) is 0 Å². The van der Waals surface area contributed by atoms with Crippen LogP contribution in [-0.2, 0) is 4.74 Å². The molecule has 1 heterocycles. The van der Waals surface area contributed by atoms with Crippen LogP contribution < -0.4 is 10.6 Å². The number of nitrogen functional groups attached to an aromatic ring is 1. The maximum Gasteiger partial charge on any atom is 0.126 e. The van der Waals surface area contributed by atoms with Gasteiger partial charge in [0.05, 0.1) is 11.2 Å². The largest absolute Gasteiger partial charge is 0.388 e. The van der Waals surface area contributed by atoms with E-state index >= 15 is 0 Å². The Labute approximate surface area is 127 Å². The molecule has 2 rings (SSSR count). The highest BCUT2D eigenvalue weighted by atomic mass is 79.9. The quantitative estimate of drug-likeness (QED) is 0.575. The molecule has 0 unspecified atom stereocenters. The number of halogens is 1. The van der Waals surface area contributed by atoms with Gasteiger partial charge in [-0.3, -0.25) is 5.41 Å². The van der Waals surface area contributed by atoms with Crippen LogP contribution in [0, 0.1) is 5.41 Å². The van der Waals surface area contributed by atoms with E-state index in [0.717, 1.165) is 10.2 Å². The second-order valence-electron chi connectivity index (χ2n) is 5.24. The molecular formula is C14H20BrN3O2. The zero-order valence-corrected chi connectivity index (χ0v) is 13.1. The fourth-order valence-electron chi connectivity index (χ4n) is 2.53. The third-order valence-electron chi connectivity index (χ3n) is 3.63. The van der Waals surface area contributed by atoms with E-state index in [9.17, 15) is 5.11 Å². The van der Waals surface area contributed by atoms with Crippen LogP contribution in [0.3, 0.4) is 0 Å². The lowest BCUT2D eigenvalue weighted by Crippen LogP contribution is -2.46. The van der Waals surface area contributed by atoms with Crippen molar-refractivity contribution in [3.05, 3.63) is 28.2 Å². The number of anilines is 1. The smallest absolute Gasteiger partial charge is 0.126 e. The van der Waals surface area contributed by atoms with Crippen LogP contribution in [0.1, 0.15) is 18.4 Å². The summed E-state index contributed by atoms with van der Waals surface area (Å²) in [6, 6.07) is 5.66. The summed E-state index contributed by atoms with van der Waals surface area (Å²) in [7, 11) is 1.90. The molecule has 0 saturated carbocycles. The number of likely N-dealkylation sites (N-methyl/N-ethyl adjacent to an activating group) is 1. The lowest BCUT2D eigenvalue weighted by atomic mass is 9.93. The van der Waals surface area contributed by atoms with Gasteiger partial charge in [0.1, 0.15) is 5.84 Å². The van der Waals surface area contributed by atoms with Gasteiger partial charge in [0.2, 0.25) is 0 Å². The Morgan fingerprint density at radius 2 is 2.15 bits per heavy atom. The van der Waals surface area contributed by atoms with Crippen LogP contribution in [0.5, 0.6) is 0 Å². The van der Waals surface area contributed by atoms with Gasteiger partial charge in [0.25, 0.3) is 0 Å². The molecule has 0 aliphatic carbocycles. The van der Waals surface area contributed by atoms with E-state index < -0.39 is 5.60 Å². The van der Waals surface area contributed by atoms with Gasteiger partial charge in [-0.2, -0.15) is 0 Å². The topological polar surface area (TPSA) is 82.6 Å². The minimum Gasteiger partial charge on any atom is -0.388 e. The first-order valence-corrected chi connectivity index (χ1v) is 7.36. The lowest BCUT2D eigenvalue weighted by molar-refractivity contribution is -0.0572. The van der Waals surface area contributed by atoms with Crippen molar-refractivity contribution in [2.45, 2.75) is 18.4 Å². The molecule has 1 aromatic carbocycles. The lowest BCUT2D eigenvalue weighted by Gasteiger charge is -2.36. The van der Waals surface area contributed by atoms with Gasteiger partial charge in [-0.05, 0) is 28.1 Å². The molecule has 1 aliphatic rings. The van der Waals surface area contributed by atoms with E-state index in [1.807, 2.05) is 30.1 Å². The Morgan fingerprint density at radius 3 is 2.75 bits per heavy atom. The molecule has 5 nitrogen and oxygen atoms in total. The molecule has 20 heavy (non-hydrogen) atoms. The zero-order chi connectivity index (χ0) is 14.8. The number of rotatable bonds is 4. The van der Waals surface area contributed by atoms with Crippen LogP contribution in [0.25, 0.3) is 0 Å². The molecule has 6 heteroatoms. The first kappa shape index (κ1) is 15.3. The number of nitrogens with zero attached hydrogens (tertiary/aromatic N) is 1. The predicted molar refractivity (Wildman–Crippen MR) is 83.4 cm³/mol. The summed E-state index contributed by atoms with van der Waals surface area (Å²) < 4.78 is 6.08. The van der Waals surface area contributed by atoms with Gasteiger partial charge >= 0.3 is 0 Å². The third kappa shape index (κ3) is 3.31. The molecule has 1 aliphatic heterocycles. The molecule has 4 N–H and O–H groups in total. The van der Waals surface area contributed by atoms with E-state index in [-0.39, 0.29) is 5.84 Å². The zero-order valence-electron chi connectivity index (χ0n) is 11.5. The van der Waals surface area contributed by atoms with Gasteiger partial charge in [-0.25, -0.2) is 0 Å². The summed E-state index contributed by atoms with van der Waals surface area (Å²) in [5, 5.41) is 18.3. The Kier molecular flexibility index (Phi) is 4.67. The minimum atomic E-state index is -0.747. The summed E-state index contributed by atoms with van der Waals surface area (Å²) in [4.78, 5) is 1.95. The van der Waals surface area contributed by atoms with Crippen molar-refractivity contribution >= 4 is 27.5 Å². The molecule has 1 fully saturated rings. The van der Waals surface area contributed by atoms with Crippen LogP contribution in [0.4, 0.5) is 5.69 Å². The van der Waals surface area contributed by atoms with Gasteiger partial charge in [-0.15, -0.1) is 0 Å². The summed E-state index contributed by atoms with van der Waals surface area (Å²) in [5.41, 5.74) is 6.41. The average Bonchev–Trinajstić information content (AvgIpc) is 2.38. The number of hydrogen-bond acceptors (Lipinski definition) is 4. The fraction of sp³-hybridized carbons (Fsp3) is 0.500. The maximum absolute atomic E-state index is 10.6. The van der Waals surface area contributed by atoms with Crippen molar-refractivity contribution in [3.63, 3.8) is 0 Å². The van der Waals surface area contributed by atoms with Crippen LogP contribution in [-0.4, -0.2) is 43.3 Å². The Morgan fingerprint density at radius 1 is 1.50 bits per heavy atom. The number of amidine groups is 1. The fourth-order valence-corrected chi connectivity index (χ4v) is 3.10. The first-order chi connectivity index (χ1) is 9.43. The summed E-state index contributed by atoms with van der Waals surface area (Å²) in [6.07, 6.45) is 1.25. The number of nitrogens with two attached hydrogens (primary N) is 1. The van der Waals surface area contributed by atoms with Crippen molar-refractivity contribution in [2.24, 2.45) is 5.73 Å². The molecule has 0 bridgehead atoms. The highest BCUT2D eigenvalue weighted by Crippen LogP contribution is 2.29. The second-order valence-corrected chi connectivity index (χ2v) is 6.09. The van der Waals surface area contributed by atoms with E-state index in [0.29, 0.717) is 38.2 Å². The maximum atomic E-state index is 10.6. The first-order valence-electron chi connectivity index (χ1n) is 6.57. The summed E-state index contributed by atoms with van der Waals surface area (Å²) >= 11 is 3.42. The Bertz CT molecular complexity index is 501. The Hall–Kier alpha value is -1.11. The van der Waals surface area contributed by atoms with E-state index in [4.69, 9.17) is 15.9 Å². The van der Waals surface area contributed by atoms with Crippen molar-refractivity contribution in [1.82, 2.24) is 0 Å². The van der Waals surface area contributed by atoms with Gasteiger partial charge in [0.15, 0.2) is 0 Å². The molecule has 110 valence electrons.